The highest BCUT2D eigenvalue weighted by atomic mass is 35.5. The van der Waals surface area contributed by atoms with Gasteiger partial charge in [0.25, 0.3) is 5.91 Å². The summed E-state index contributed by atoms with van der Waals surface area (Å²) in [5.74, 6) is -0.0688. The molecule has 172 valence electrons. The van der Waals surface area contributed by atoms with Gasteiger partial charge in [0, 0.05) is 13.1 Å². The Bertz CT molecular complexity index is 1160. The van der Waals surface area contributed by atoms with Crippen LogP contribution in [-0.2, 0) is 14.8 Å². The molecule has 1 aliphatic heterocycles. The number of benzene rings is 3. The smallest absolute Gasteiger partial charge is 0.258 e. The molecule has 4 rings (SSSR count). The zero-order valence-corrected chi connectivity index (χ0v) is 19.6. The summed E-state index contributed by atoms with van der Waals surface area (Å²) in [6, 6.07) is 23.3. The third kappa shape index (κ3) is 5.55. The van der Waals surface area contributed by atoms with Gasteiger partial charge in [-0.15, -0.1) is 0 Å². The van der Waals surface area contributed by atoms with Crippen molar-refractivity contribution < 1.29 is 17.9 Å². The zero-order valence-electron chi connectivity index (χ0n) is 18.0. The van der Waals surface area contributed by atoms with E-state index < -0.39 is 10.0 Å². The van der Waals surface area contributed by atoms with E-state index in [2.05, 4.69) is 5.32 Å². The number of carbonyl (C=O) groups is 1. The normalized spacial score (nSPS) is 14.4. The molecule has 0 bridgehead atoms. The first-order valence-electron chi connectivity index (χ1n) is 10.8. The van der Waals surface area contributed by atoms with Crippen molar-refractivity contribution in [1.82, 2.24) is 9.62 Å². The molecule has 0 unspecified atom stereocenters. The molecule has 6 nitrogen and oxygen atoms in total. The average molecular weight is 485 g/mol. The number of halogens is 1. The predicted molar refractivity (Wildman–Crippen MR) is 128 cm³/mol. The molecule has 0 aromatic heterocycles. The molecule has 1 saturated heterocycles. The van der Waals surface area contributed by atoms with Gasteiger partial charge in [-0.05, 0) is 42.2 Å². The Balaban J connectivity index is 1.43. The van der Waals surface area contributed by atoms with E-state index >= 15 is 0 Å². The van der Waals surface area contributed by atoms with Crippen LogP contribution in [0, 0.1) is 0 Å². The van der Waals surface area contributed by atoms with E-state index in [1.165, 1.54) is 22.5 Å². The molecular formula is C25H25ClN2O4S. The minimum absolute atomic E-state index is 0.124. The maximum absolute atomic E-state index is 12.7. The van der Waals surface area contributed by atoms with Gasteiger partial charge in [0.05, 0.1) is 16.0 Å². The number of ether oxygens (including phenoxy) is 1. The SMILES string of the molecule is O=C(COc1ccc(S(=O)(=O)N2CCCC2)cc1Cl)NC(c1ccccc1)c1ccccc1. The lowest BCUT2D eigenvalue weighted by Crippen LogP contribution is -2.33. The van der Waals surface area contributed by atoms with Gasteiger partial charge in [-0.2, -0.15) is 4.31 Å². The van der Waals surface area contributed by atoms with Crippen LogP contribution in [0.3, 0.4) is 0 Å². The van der Waals surface area contributed by atoms with E-state index in [9.17, 15) is 13.2 Å². The maximum atomic E-state index is 12.7. The molecule has 0 spiro atoms. The Labute approximate surface area is 199 Å². The Morgan fingerprint density at radius 1 is 0.939 bits per heavy atom. The number of sulfonamides is 1. The van der Waals surface area contributed by atoms with Gasteiger partial charge < -0.3 is 10.1 Å². The molecule has 0 saturated carbocycles. The Hall–Kier alpha value is -2.87. The van der Waals surface area contributed by atoms with Crippen molar-refractivity contribution >= 4 is 27.5 Å². The van der Waals surface area contributed by atoms with Crippen LogP contribution in [0.1, 0.15) is 30.0 Å². The summed E-state index contributed by atoms with van der Waals surface area (Å²) in [7, 11) is -3.57. The largest absolute Gasteiger partial charge is 0.482 e. The van der Waals surface area contributed by atoms with Gasteiger partial charge in [-0.1, -0.05) is 72.3 Å². The first-order chi connectivity index (χ1) is 15.9. The summed E-state index contributed by atoms with van der Waals surface area (Å²) < 4.78 is 32.5. The topological polar surface area (TPSA) is 75.7 Å². The zero-order chi connectivity index (χ0) is 23.3. The highest BCUT2D eigenvalue weighted by Crippen LogP contribution is 2.30. The van der Waals surface area contributed by atoms with Crippen LogP contribution in [0.25, 0.3) is 0 Å². The van der Waals surface area contributed by atoms with Crippen LogP contribution in [0.15, 0.2) is 83.8 Å². The number of nitrogens with zero attached hydrogens (tertiary/aromatic N) is 1. The number of amides is 1. The molecule has 1 N–H and O–H groups in total. The average Bonchev–Trinajstić information content (AvgIpc) is 3.39. The van der Waals surface area contributed by atoms with Crippen molar-refractivity contribution in [3.8, 4) is 5.75 Å². The van der Waals surface area contributed by atoms with Crippen molar-refractivity contribution in [3.63, 3.8) is 0 Å². The van der Waals surface area contributed by atoms with Crippen LogP contribution < -0.4 is 10.1 Å². The number of carbonyl (C=O) groups excluding carboxylic acids is 1. The van der Waals surface area contributed by atoms with Crippen LogP contribution in [0.5, 0.6) is 5.75 Å². The number of rotatable bonds is 8. The molecule has 0 atom stereocenters. The summed E-state index contributed by atoms with van der Waals surface area (Å²) in [4.78, 5) is 12.8. The number of hydrogen-bond donors (Lipinski definition) is 1. The van der Waals surface area contributed by atoms with Gasteiger partial charge >= 0.3 is 0 Å². The summed E-state index contributed by atoms with van der Waals surface area (Å²) >= 11 is 6.28. The highest BCUT2D eigenvalue weighted by molar-refractivity contribution is 7.89. The van der Waals surface area contributed by atoms with Gasteiger partial charge in [0.15, 0.2) is 6.61 Å². The van der Waals surface area contributed by atoms with Crippen LogP contribution in [-0.4, -0.2) is 38.3 Å². The summed E-state index contributed by atoms with van der Waals surface area (Å²) in [6.45, 7) is 0.777. The minimum atomic E-state index is -3.57. The number of hydrogen-bond acceptors (Lipinski definition) is 4. The molecule has 3 aromatic carbocycles. The first kappa shape index (κ1) is 23.3. The summed E-state index contributed by atoms with van der Waals surface area (Å²) in [6.07, 6.45) is 1.71. The van der Waals surface area contributed by atoms with Gasteiger partial charge in [0.1, 0.15) is 5.75 Å². The minimum Gasteiger partial charge on any atom is -0.482 e. The van der Waals surface area contributed by atoms with Crippen molar-refractivity contribution in [2.75, 3.05) is 19.7 Å². The fourth-order valence-electron chi connectivity index (χ4n) is 3.83. The molecule has 8 heteroatoms. The number of nitrogens with one attached hydrogen (secondary N) is 1. The van der Waals surface area contributed by atoms with E-state index in [1.54, 1.807) is 0 Å². The molecule has 1 aliphatic rings. The van der Waals surface area contributed by atoms with E-state index in [0.717, 1.165) is 24.0 Å². The third-order valence-corrected chi connectivity index (χ3v) is 7.73. The molecule has 1 heterocycles. The monoisotopic (exact) mass is 484 g/mol. The van der Waals surface area contributed by atoms with Crippen molar-refractivity contribution in [2.45, 2.75) is 23.8 Å². The molecule has 0 aliphatic carbocycles. The quantitative estimate of drug-likeness (QED) is 0.514. The maximum Gasteiger partial charge on any atom is 0.258 e. The van der Waals surface area contributed by atoms with Crippen molar-refractivity contribution in [2.24, 2.45) is 0 Å². The van der Waals surface area contributed by atoms with Crippen LogP contribution in [0.2, 0.25) is 5.02 Å². The second-order valence-electron chi connectivity index (χ2n) is 7.81. The molecule has 1 fully saturated rings. The van der Waals surface area contributed by atoms with E-state index in [0.29, 0.717) is 13.1 Å². The Morgan fingerprint density at radius 2 is 1.52 bits per heavy atom. The summed E-state index contributed by atoms with van der Waals surface area (Å²) in [5, 5.41) is 3.15. The van der Waals surface area contributed by atoms with Crippen molar-refractivity contribution in [1.29, 1.82) is 0 Å². The second kappa shape index (κ2) is 10.4. The third-order valence-electron chi connectivity index (χ3n) is 5.54. The van der Waals surface area contributed by atoms with Crippen LogP contribution in [0.4, 0.5) is 0 Å². The molecule has 3 aromatic rings. The van der Waals surface area contributed by atoms with Crippen LogP contribution >= 0.6 is 11.6 Å². The van der Waals surface area contributed by atoms with Gasteiger partial charge in [-0.3, -0.25) is 4.79 Å². The summed E-state index contributed by atoms with van der Waals surface area (Å²) in [5.41, 5.74) is 1.90. The molecule has 1 amide bonds. The lowest BCUT2D eigenvalue weighted by Gasteiger charge is -2.20. The Kier molecular flexibility index (Phi) is 7.33. The lowest BCUT2D eigenvalue weighted by atomic mass is 9.99. The van der Waals surface area contributed by atoms with E-state index in [1.807, 2.05) is 60.7 Å². The Morgan fingerprint density at radius 3 is 2.06 bits per heavy atom. The molecular weight excluding hydrogens is 460 g/mol. The van der Waals surface area contributed by atoms with E-state index in [4.69, 9.17) is 16.3 Å². The molecule has 0 radical (unpaired) electrons. The van der Waals surface area contributed by atoms with Gasteiger partial charge in [-0.25, -0.2) is 8.42 Å². The van der Waals surface area contributed by atoms with Gasteiger partial charge in [0.2, 0.25) is 10.0 Å². The highest BCUT2D eigenvalue weighted by Gasteiger charge is 2.27. The van der Waals surface area contributed by atoms with Crippen molar-refractivity contribution in [3.05, 3.63) is 95.0 Å². The fourth-order valence-corrected chi connectivity index (χ4v) is 5.68. The first-order valence-corrected chi connectivity index (χ1v) is 12.6. The molecule has 33 heavy (non-hydrogen) atoms. The second-order valence-corrected chi connectivity index (χ2v) is 10.2. The standard InChI is InChI=1S/C25H25ClN2O4S/c26-22-17-21(33(30,31)28-15-7-8-16-28)13-14-23(22)32-18-24(29)27-25(19-9-3-1-4-10-19)20-11-5-2-6-12-20/h1-6,9-14,17,25H,7-8,15-16,18H2,(H,27,29). The predicted octanol–water partition coefficient (Wildman–Crippen LogP) is 4.41. The lowest BCUT2D eigenvalue weighted by molar-refractivity contribution is -0.123. The fraction of sp³-hybridized carbons (Fsp3) is 0.240. The van der Waals surface area contributed by atoms with E-state index in [-0.39, 0.29) is 34.2 Å².